The van der Waals surface area contributed by atoms with E-state index in [4.69, 9.17) is 13.7 Å². The molecule has 0 N–H and O–H groups in total. The van der Waals surface area contributed by atoms with Gasteiger partial charge in [-0.05, 0) is 26.3 Å². The number of carbonyl (C=O) groups is 1. The van der Waals surface area contributed by atoms with Gasteiger partial charge in [0, 0.05) is 19.0 Å². The van der Waals surface area contributed by atoms with E-state index >= 15 is 0 Å². The second-order valence-corrected chi connectivity index (χ2v) is 7.97. The molecule has 1 heterocycles. The number of hydrogen-bond acceptors (Lipinski definition) is 5. The van der Waals surface area contributed by atoms with Gasteiger partial charge >= 0.3 is 6.09 Å². The molecule has 1 amide bonds. The summed E-state index contributed by atoms with van der Waals surface area (Å²) < 4.78 is 29.4. The standard InChI is InChI=1S/C18H27NO5S/c1-5-6-7-8-12-22-25(21)19(4)17(20)23-15-11-9-10-14-13-18(2,3)24-16(14)15/h9-11H,5-8,12-13H2,1-4H3. The molecule has 25 heavy (non-hydrogen) atoms. The number of amides is 1. The van der Waals surface area contributed by atoms with Crippen LogP contribution in [0.15, 0.2) is 18.2 Å². The highest BCUT2D eigenvalue weighted by Crippen LogP contribution is 2.41. The molecule has 1 aromatic rings. The van der Waals surface area contributed by atoms with Gasteiger partial charge < -0.3 is 9.47 Å². The van der Waals surface area contributed by atoms with Gasteiger partial charge in [0.05, 0.1) is 6.61 Å². The molecule has 0 saturated heterocycles. The fourth-order valence-corrected chi connectivity index (χ4v) is 3.20. The second-order valence-electron chi connectivity index (χ2n) is 6.75. The van der Waals surface area contributed by atoms with Crippen molar-refractivity contribution in [3.05, 3.63) is 23.8 Å². The Balaban J connectivity index is 1.90. The third kappa shape index (κ3) is 5.44. The average molecular weight is 369 g/mol. The van der Waals surface area contributed by atoms with Crippen molar-refractivity contribution in [1.82, 2.24) is 4.31 Å². The van der Waals surface area contributed by atoms with Crippen molar-refractivity contribution < 1.29 is 22.7 Å². The minimum absolute atomic E-state index is 0.332. The monoisotopic (exact) mass is 369 g/mol. The zero-order valence-corrected chi connectivity index (χ0v) is 16.2. The Morgan fingerprint density at radius 3 is 2.80 bits per heavy atom. The van der Waals surface area contributed by atoms with Crippen molar-refractivity contribution in [2.24, 2.45) is 0 Å². The minimum atomic E-state index is -1.87. The Bertz CT molecular complexity index is 632. The predicted octanol–water partition coefficient (Wildman–Crippen LogP) is 4.01. The molecule has 0 bridgehead atoms. The van der Waals surface area contributed by atoms with Crippen LogP contribution in [0.25, 0.3) is 0 Å². The van der Waals surface area contributed by atoms with E-state index in [2.05, 4.69) is 6.92 Å². The van der Waals surface area contributed by atoms with Gasteiger partial charge in [-0.3, -0.25) is 4.18 Å². The van der Waals surface area contributed by atoms with Gasteiger partial charge in [-0.25, -0.2) is 13.3 Å². The van der Waals surface area contributed by atoms with E-state index < -0.39 is 17.4 Å². The van der Waals surface area contributed by atoms with E-state index in [1.807, 2.05) is 26.0 Å². The van der Waals surface area contributed by atoms with Gasteiger partial charge in [0.25, 0.3) is 11.3 Å². The number of fused-ring (bicyclic) bond motifs is 1. The Morgan fingerprint density at radius 1 is 1.32 bits per heavy atom. The lowest BCUT2D eigenvalue weighted by atomic mass is 10.0. The van der Waals surface area contributed by atoms with Gasteiger partial charge in [-0.2, -0.15) is 0 Å². The lowest BCUT2D eigenvalue weighted by molar-refractivity contribution is 0.131. The van der Waals surface area contributed by atoms with Crippen molar-refractivity contribution in [2.75, 3.05) is 13.7 Å². The summed E-state index contributed by atoms with van der Waals surface area (Å²) in [5, 5.41) is 0. The molecule has 140 valence electrons. The Labute approximate surface area is 152 Å². The number of unbranched alkanes of at least 4 members (excludes halogenated alkanes) is 3. The van der Waals surface area contributed by atoms with Crippen LogP contribution in [0.1, 0.15) is 52.0 Å². The third-order valence-electron chi connectivity index (χ3n) is 3.92. The molecule has 0 spiro atoms. The van der Waals surface area contributed by atoms with E-state index in [-0.39, 0.29) is 5.60 Å². The molecule has 1 atom stereocenters. The molecule has 1 aromatic carbocycles. The maximum Gasteiger partial charge on any atom is 0.428 e. The van der Waals surface area contributed by atoms with Crippen LogP contribution >= 0.6 is 0 Å². The first kappa shape index (κ1) is 19.7. The van der Waals surface area contributed by atoms with Crippen LogP contribution in [0.5, 0.6) is 11.5 Å². The summed E-state index contributed by atoms with van der Waals surface area (Å²) in [6.07, 6.45) is 4.08. The Kier molecular flexibility index (Phi) is 6.84. The van der Waals surface area contributed by atoms with E-state index in [1.165, 1.54) is 7.05 Å². The molecule has 0 fully saturated rings. The van der Waals surface area contributed by atoms with Crippen LogP contribution in [-0.4, -0.2) is 33.9 Å². The molecule has 0 aromatic heterocycles. The molecule has 1 aliphatic heterocycles. The van der Waals surface area contributed by atoms with E-state index in [0.717, 1.165) is 42.0 Å². The molecule has 1 aliphatic rings. The quantitative estimate of drug-likeness (QED) is 0.648. The minimum Gasteiger partial charge on any atom is -0.483 e. The first-order valence-corrected chi connectivity index (χ1v) is 9.69. The van der Waals surface area contributed by atoms with Crippen LogP contribution in [-0.2, 0) is 21.9 Å². The number of rotatable bonds is 8. The zero-order valence-electron chi connectivity index (χ0n) is 15.4. The van der Waals surface area contributed by atoms with Crippen LogP contribution < -0.4 is 9.47 Å². The van der Waals surface area contributed by atoms with E-state index in [1.54, 1.807) is 6.07 Å². The summed E-state index contributed by atoms with van der Waals surface area (Å²) in [5.41, 5.74) is 0.660. The average Bonchev–Trinajstić information content (AvgIpc) is 2.88. The first-order chi connectivity index (χ1) is 11.8. The molecule has 0 radical (unpaired) electrons. The van der Waals surface area contributed by atoms with Crippen LogP contribution in [0.4, 0.5) is 4.79 Å². The molecule has 1 unspecified atom stereocenters. The van der Waals surface area contributed by atoms with Gasteiger partial charge in [0.15, 0.2) is 11.5 Å². The smallest absolute Gasteiger partial charge is 0.428 e. The van der Waals surface area contributed by atoms with Crippen LogP contribution in [0, 0.1) is 0 Å². The van der Waals surface area contributed by atoms with Crippen LogP contribution in [0.3, 0.4) is 0 Å². The second kappa shape index (κ2) is 8.67. The van der Waals surface area contributed by atoms with Crippen molar-refractivity contribution in [3.8, 4) is 11.5 Å². The summed E-state index contributed by atoms with van der Waals surface area (Å²) in [4.78, 5) is 12.2. The third-order valence-corrected chi connectivity index (χ3v) is 4.88. The number of benzene rings is 1. The highest BCUT2D eigenvalue weighted by Gasteiger charge is 2.33. The SMILES string of the molecule is CCCCCCOS(=O)N(C)C(=O)Oc1cccc2c1OC(C)(C)C2. The fourth-order valence-electron chi connectivity index (χ4n) is 2.63. The van der Waals surface area contributed by atoms with E-state index in [0.29, 0.717) is 18.1 Å². The number of hydrogen-bond donors (Lipinski definition) is 0. The van der Waals surface area contributed by atoms with Crippen molar-refractivity contribution >= 4 is 17.4 Å². The molecule has 0 aliphatic carbocycles. The summed E-state index contributed by atoms with van der Waals surface area (Å²) in [5.74, 6) is 0.903. The zero-order chi connectivity index (χ0) is 18.4. The first-order valence-electron chi connectivity index (χ1n) is 8.65. The number of ether oxygens (including phenoxy) is 2. The van der Waals surface area contributed by atoms with E-state index in [9.17, 15) is 9.00 Å². The maximum atomic E-state index is 12.2. The van der Waals surface area contributed by atoms with Gasteiger partial charge in [-0.1, -0.05) is 38.3 Å². The summed E-state index contributed by atoms with van der Waals surface area (Å²) in [7, 11) is 1.39. The number of para-hydroxylation sites is 1. The van der Waals surface area contributed by atoms with Gasteiger partial charge in [-0.15, -0.1) is 0 Å². The highest BCUT2D eigenvalue weighted by atomic mass is 32.2. The largest absolute Gasteiger partial charge is 0.483 e. The lowest BCUT2D eigenvalue weighted by Crippen LogP contribution is -2.32. The molecule has 6 nitrogen and oxygen atoms in total. The van der Waals surface area contributed by atoms with Gasteiger partial charge in [0.2, 0.25) is 0 Å². The fraction of sp³-hybridized carbons (Fsp3) is 0.611. The Morgan fingerprint density at radius 2 is 2.08 bits per heavy atom. The predicted molar refractivity (Wildman–Crippen MR) is 96.9 cm³/mol. The summed E-state index contributed by atoms with van der Waals surface area (Å²) >= 11 is -1.87. The summed E-state index contributed by atoms with van der Waals surface area (Å²) in [6, 6.07) is 5.43. The van der Waals surface area contributed by atoms with Crippen LogP contribution in [0.2, 0.25) is 0 Å². The number of nitrogens with zero attached hydrogens (tertiary/aromatic N) is 1. The number of carbonyl (C=O) groups excluding carboxylic acids is 1. The summed E-state index contributed by atoms with van der Waals surface area (Å²) in [6.45, 7) is 6.43. The Hall–Kier alpha value is -1.60. The maximum absolute atomic E-state index is 12.2. The lowest BCUT2D eigenvalue weighted by Gasteiger charge is -2.19. The van der Waals surface area contributed by atoms with Gasteiger partial charge in [0.1, 0.15) is 5.60 Å². The molecular formula is C18H27NO5S. The van der Waals surface area contributed by atoms with Crippen molar-refractivity contribution in [1.29, 1.82) is 0 Å². The molecule has 2 rings (SSSR count). The molecule has 0 saturated carbocycles. The van der Waals surface area contributed by atoms with Crippen molar-refractivity contribution in [3.63, 3.8) is 0 Å². The highest BCUT2D eigenvalue weighted by molar-refractivity contribution is 7.78. The molecule has 7 heteroatoms. The normalized spacial score (nSPS) is 16.0. The molecular weight excluding hydrogens is 342 g/mol. The van der Waals surface area contributed by atoms with Crippen molar-refractivity contribution in [2.45, 2.75) is 58.5 Å². The topological polar surface area (TPSA) is 65.1 Å².